The van der Waals surface area contributed by atoms with Crippen LogP contribution in [0.1, 0.15) is 11.1 Å². The largest absolute Gasteiger partial charge is 0.493 e. The molecule has 0 saturated carbocycles. The van der Waals surface area contributed by atoms with Crippen LogP contribution in [0.2, 0.25) is 0 Å². The molecular formula is C26H20F3N3O5S2. The van der Waals surface area contributed by atoms with Crippen molar-refractivity contribution < 1.29 is 32.4 Å². The minimum Gasteiger partial charge on any atom is -0.493 e. The number of carbonyl (C=O) groups is 1. The number of hydrogen-bond acceptors (Lipinski definition) is 8. The molecule has 0 atom stereocenters. The molecule has 3 aromatic carbocycles. The number of nitrogens with zero attached hydrogens (tertiary/aromatic N) is 3. The standard InChI is InChI=1S/C26H20F3N3O5S2/c1-30(2)17-6-8-18(9-7-17)31-24(33)23(39-25(31)38)13-15-4-10-21(22(12-15)36-3)37-20-11-5-16(26(27,28)29)14-19(20)32(34)35/h4-14H,1-3H3/b23-13+. The van der Waals surface area contributed by atoms with Crippen LogP contribution >= 0.6 is 24.0 Å². The van der Waals surface area contributed by atoms with E-state index in [0.29, 0.717) is 32.6 Å². The predicted molar refractivity (Wildman–Crippen MR) is 148 cm³/mol. The van der Waals surface area contributed by atoms with Gasteiger partial charge in [-0.3, -0.25) is 19.8 Å². The number of amides is 1. The average Bonchev–Trinajstić information content (AvgIpc) is 3.16. The summed E-state index contributed by atoms with van der Waals surface area (Å²) in [4.78, 5) is 27.3. The van der Waals surface area contributed by atoms with Crippen LogP contribution < -0.4 is 19.3 Å². The smallest absolute Gasteiger partial charge is 0.416 e. The first-order chi connectivity index (χ1) is 18.4. The normalized spacial score (nSPS) is 14.6. The van der Waals surface area contributed by atoms with E-state index in [9.17, 15) is 28.1 Å². The molecule has 4 rings (SSSR count). The molecule has 0 radical (unpaired) electrons. The Balaban J connectivity index is 1.60. The molecule has 8 nitrogen and oxygen atoms in total. The van der Waals surface area contributed by atoms with Crippen LogP contribution in [0.4, 0.5) is 30.2 Å². The van der Waals surface area contributed by atoms with Crippen molar-refractivity contribution in [2.24, 2.45) is 0 Å². The van der Waals surface area contributed by atoms with Gasteiger partial charge in [0, 0.05) is 25.8 Å². The number of benzene rings is 3. The molecule has 0 N–H and O–H groups in total. The molecule has 0 unspecified atom stereocenters. The number of hydrogen-bond donors (Lipinski definition) is 0. The predicted octanol–water partition coefficient (Wildman–Crippen LogP) is 6.89. The monoisotopic (exact) mass is 575 g/mol. The molecule has 1 aliphatic rings. The van der Waals surface area contributed by atoms with Crippen molar-refractivity contribution in [3.05, 3.63) is 86.8 Å². The summed E-state index contributed by atoms with van der Waals surface area (Å²) in [5.74, 6) is -0.513. The fourth-order valence-corrected chi connectivity index (χ4v) is 4.94. The third-order valence-corrected chi connectivity index (χ3v) is 6.91. The van der Waals surface area contributed by atoms with Crippen molar-refractivity contribution in [3.8, 4) is 17.2 Å². The number of rotatable bonds is 7. The third kappa shape index (κ3) is 5.99. The topological polar surface area (TPSA) is 85.2 Å². The number of anilines is 2. The van der Waals surface area contributed by atoms with Gasteiger partial charge in [-0.05, 0) is 60.2 Å². The van der Waals surface area contributed by atoms with Gasteiger partial charge in [0.2, 0.25) is 5.75 Å². The van der Waals surface area contributed by atoms with Gasteiger partial charge in [0.15, 0.2) is 15.8 Å². The molecular weight excluding hydrogens is 555 g/mol. The van der Waals surface area contributed by atoms with Gasteiger partial charge in [0.25, 0.3) is 5.91 Å². The number of carbonyl (C=O) groups excluding carboxylic acids is 1. The van der Waals surface area contributed by atoms with E-state index >= 15 is 0 Å². The number of ether oxygens (including phenoxy) is 2. The Hall–Kier alpha value is -4.10. The van der Waals surface area contributed by atoms with Crippen LogP contribution in [0.5, 0.6) is 17.2 Å². The lowest BCUT2D eigenvalue weighted by atomic mass is 10.1. The molecule has 0 spiro atoms. The van der Waals surface area contributed by atoms with Gasteiger partial charge in [0.1, 0.15) is 0 Å². The van der Waals surface area contributed by atoms with Gasteiger partial charge in [-0.1, -0.05) is 30.0 Å². The summed E-state index contributed by atoms with van der Waals surface area (Å²) >= 11 is 6.56. The Kier molecular flexibility index (Phi) is 7.84. The molecule has 0 aromatic heterocycles. The van der Waals surface area contributed by atoms with Crippen molar-refractivity contribution in [2.75, 3.05) is 31.0 Å². The summed E-state index contributed by atoms with van der Waals surface area (Å²) in [5.41, 5.74) is 0.124. The highest BCUT2D eigenvalue weighted by Gasteiger charge is 2.34. The van der Waals surface area contributed by atoms with Crippen LogP contribution in [-0.2, 0) is 11.0 Å². The first-order valence-electron chi connectivity index (χ1n) is 11.2. The maximum absolute atomic E-state index is 13.1. The Labute approximate surface area is 230 Å². The summed E-state index contributed by atoms with van der Waals surface area (Å²) in [7, 11) is 5.16. The van der Waals surface area contributed by atoms with E-state index < -0.39 is 22.4 Å². The lowest BCUT2D eigenvalue weighted by molar-refractivity contribution is -0.385. The number of thioether (sulfide) groups is 1. The molecule has 13 heteroatoms. The molecule has 0 aliphatic carbocycles. The average molecular weight is 576 g/mol. The second-order valence-corrected chi connectivity index (χ2v) is 10.1. The Morgan fingerprint density at radius 3 is 2.28 bits per heavy atom. The number of thiocarbonyl (C=S) groups is 1. The van der Waals surface area contributed by atoms with E-state index in [1.165, 1.54) is 24.1 Å². The second-order valence-electron chi connectivity index (χ2n) is 8.38. The van der Waals surface area contributed by atoms with Crippen LogP contribution in [-0.4, -0.2) is 36.4 Å². The summed E-state index contributed by atoms with van der Waals surface area (Å²) in [6.45, 7) is 0. The van der Waals surface area contributed by atoms with Gasteiger partial charge in [-0.2, -0.15) is 13.2 Å². The molecule has 0 bridgehead atoms. The molecule has 1 aliphatic heterocycles. The van der Waals surface area contributed by atoms with E-state index in [4.69, 9.17) is 21.7 Å². The van der Waals surface area contributed by atoms with Crippen LogP contribution in [0.25, 0.3) is 6.08 Å². The highest BCUT2D eigenvalue weighted by Crippen LogP contribution is 2.41. The Morgan fingerprint density at radius 1 is 1.03 bits per heavy atom. The van der Waals surface area contributed by atoms with Crippen molar-refractivity contribution >= 4 is 57.3 Å². The molecule has 3 aromatic rings. The maximum Gasteiger partial charge on any atom is 0.416 e. The highest BCUT2D eigenvalue weighted by atomic mass is 32.2. The third-order valence-electron chi connectivity index (χ3n) is 5.61. The fraction of sp³-hybridized carbons (Fsp3) is 0.154. The minimum atomic E-state index is -4.75. The van der Waals surface area contributed by atoms with Gasteiger partial charge in [0.05, 0.1) is 28.2 Å². The molecule has 39 heavy (non-hydrogen) atoms. The molecule has 1 fully saturated rings. The van der Waals surface area contributed by atoms with Gasteiger partial charge in [-0.25, -0.2) is 0 Å². The fourth-order valence-electron chi connectivity index (χ4n) is 3.64. The highest BCUT2D eigenvalue weighted by molar-refractivity contribution is 8.27. The SMILES string of the molecule is COc1cc(/C=C2/SC(=S)N(c3ccc(N(C)C)cc3)C2=O)ccc1Oc1ccc(C(F)(F)F)cc1[N+](=O)[O-]. The number of alkyl halides is 3. The van der Waals surface area contributed by atoms with Crippen LogP contribution in [0.3, 0.4) is 0 Å². The second kappa shape index (κ2) is 10.9. The van der Waals surface area contributed by atoms with E-state index in [0.717, 1.165) is 23.5 Å². The summed E-state index contributed by atoms with van der Waals surface area (Å²) in [6, 6.07) is 13.9. The van der Waals surface area contributed by atoms with Crippen molar-refractivity contribution in [1.82, 2.24) is 0 Å². The lowest BCUT2D eigenvalue weighted by Gasteiger charge is -2.17. The van der Waals surface area contributed by atoms with E-state index in [2.05, 4.69) is 0 Å². The quantitative estimate of drug-likeness (QED) is 0.130. The first kappa shape index (κ1) is 27.9. The van der Waals surface area contributed by atoms with Crippen molar-refractivity contribution in [2.45, 2.75) is 6.18 Å². The zero-order valence-electron chi connectivity index (χ0n) is 20.7. The summed E-state index contributed by atoms with van der Waals surface area (Å²) < 4.78 is 50.3. The first-order valence-corrected chi connectivity index (χ1v) is 12.4. The lowest BCUT2D eigenvalue weighted by Crippen LogP contribution is -2.27. The van der Waals surface area contributed by atoms with Crippen LogP contribution in [0.15, 0.2) is 65.6 Å². The minimum absolute atomic E-state index is 0.0334. The number of nitro groups is 1. The zero-order valence-corrected chi connectivity index (χ0v) is 22.3. The Morgan fingerprint density at radius 2 is 1.69 bits per heavy atom. The van der Waals surface area contributed by atoms with E-state index in [1.54, 1.807) is 24.3 Å². The van der Waals surface area contributed by atoms with Gasteiger partial charge >= 0.3 is 11.9 Å². The number of methoxy groups -OCH3 is 1. The summed E-state index contributed by atoms with van der Waals surface area (Å²) in [6.07, 6.45) is -3.14. The summed E-state index contributed by atoms with van der Waals surface area (Å²) in [5, 5.41) is 11.4. The molecule has 1 heterocycles. The van der Waals surface area contributed by atoms with Gasteiger partial charge < -0.3 is 14.4 Å². The zero-order chi connectivity index (χ0) is 28.5. The molecule has 1 saturated heterocycles. The van der Waals surface area contributed by atoms with Gasteiger partial charge in [-0.15, -0.1) is 0 Å². The van der Waals surface area contributed by atoms with Crippen LogP contribution in [0, 0.1) is 10.1 Å². The van der Waals surface area contributed by atoms with E-state index in [-0.39, 0.29) is 23.2 Å². The van der Waals surface area contributed by atoms with E-state index in [1.807, 2.05) is 31.1 Å². The number of nitro benzene ring substituents is 1. The Bertz CT molecular complexity index is 1490. The molecule has 1 amide bonds. The number of halogens is 3. The van der Waals surface area contributed by atoms with Crippen molar-refractivity contribution in [1.29, 1.82) is 0 Å². The molecule has 202 valence electrons. The maximum atomic E-state index is 13.1. The van der Waals surface area contributed by atoms with Crippen molar-refractivity contribution in [3.63, 3.8) is 0 Å².